The molecule has 104 valence electrons. The molecule has 1 aromatic heterocycles. The Bertz CT molecular complexity index is 366. The summed E-state index contributed by atoms with van der Waals surface area (Å²) in [6.45, 7) is 4.78. The van der Waals surface area contributed by atoms with Gasteiger partial charge in [0.15, 0.2) is 12.9 Å². The third-order valence-corrected chi connectivity index (χ3v) is 2.81. The molecule has 0 saturated heterocycles. The maximum atomic E-state index is 8.60. The fraction of sp³-hybridized carbons (Fsp3) is 0.667. The molecule has 0 spiro atoms. The van der Waals surface area contributed by atoms with Gasteiger partial charge in [0.25, 0.3) is 0 Å². The Kier molecular flexibility index (Phi) is 8.41. The third kappa shape index (κ3) is 4.66. The summed E-state index contributed by atoms with van der Waals surface area (Å²) in [6.07, 6.45) is 8.74. The Hall–Kier alpha value is -1.07. The minimum atomic E-state index is 0. The number of ether oxygens (including phenoxy) is 1. The highest BCUT2D eigenvalue weighted by Gasteiger charge is 2.14. The number of nitrogens with zero attached hydrogens (tertiary/aromatic N) is 3. The summed E-state index contributed by atoms with van der Waals surface area (Å²) < 4.78 is 9.62. The number of imidazole rings is 1. The van der Waals surface area contributed by atoms with Gasteiger partial charge in [-0.3, -0.25) is 0 Å². The average molecular weight is 276 g/mol. The SMILES string of the molecule is CCCC(CC)OCn1cc[n+](C)c1/C=N\O.[Cl-]. The molecular formula is C12H22ClN3O2. The molecule has 0 fully saturated rings. The van der Waals surface area contributed by atoms with Crippen LogP contribution in [0.15, 0.2) is 17.5 Å². The lowest BCUT2D eigenvalue weighted by Crippen LogP contribution is -3.00. The average Bonchev–Trinajstić information content (AvgIpc) is 2.67. The van der Waals surface area contributed by atoms with E-state index in [2.05, 4.69) is 19.0 Å². The van der Waals surface area contributed by atoms with Gasteiger partial charge >= 0.3 is 5.82 Å². The van der Waals surface area contributed by atoms with Crippen LogP contribution in [0.3, 0.4) is 0 Å². The molecule has 0 amide bonds. The second-order valence-electron chi connectivity index (χ2n) is 4.10. The van der Waals surface area contributed by atoms with Crippen LogP contribution in [0.5, 0.6) is 0 Å². The molecule has 1 unspecified atom stereocenters. The van der Waals surface area contributed by atoms with E-state index in [1.54, 1.807) is 0 Å². The van der Waals surface area contributed by atoms with Crippen LogP contribution in [0.4, 0.5) is 0 Å². The van der Waals surface area contributed by atoms with Gasteiger partial charge < -0.3 is 22.4 Å². The first-order valence-electron chi connectivity index (χ1n) is 6.06. The van der Waals surface area contributed by atoms with E-state index in [1.807, 2.05) is 28.6 Å². The highest BCUT2D eigenvalue weighted by molar-refractivity contribution is 5.72. The van der Waals surface area contributed by atoms with E-state index in [9.17, 15) is 0 Å². The summed E-state index contributed by atoms with van der Waals surface area (Å²) >= 11 is 0. The van der Waals surface area contributed by atoms with Crippen LogP contribution in [-0.2, 0) is 18.5 Å². The van der Waals surface area contributed by atoms with Crippen molar-refractivity contribution in [1.29, 1.82) is 0 Å². The Morgan fingerprint density at radius 1 is 1.56 bits per heavy atom. The first kappa shape index (κ1) is 16.9. The highest BCUT2D eigenvalue weighted by Crippen LogP contribution is 2.07. The topological polar surface area (TPSA) is 50.6 Å². The van der Waals surface area contributed by atoms with Gasteiger partial charge in [-0.15, -0.1) is 0 Å². The van der Waals surface area contributed by atoms with Crippen LogP contribution in [0.1, 0.15) is 38.9 Å². The monoisotopic (exact) mass is 275 g/mol. The lowest BCUT2D eigenvalue weighted by Gasteiger charge is -2.13. The number of aromatic nitrogens is 2. The van der Waals surface area contributed by atoms with E-state index in [0.717, 1.165) is 25.1 Å². The smallest absolute Gasteiger partial charge is 0.305 e. The number of halogens is 1. The van der Waals surface area contributed by atoms with Gasteiger partial charge in [0.1, 0.15) is 12.4 Å². The molecule has 0 saturated carbocycles. The zero-order valence-electron chi connectivity index (χ0n) is 11.2. The Morgan fingerprint density at radius 2 is 2.28 bits per heavy atom. The Morgan fingerprint density at radius 3 is 2.83 bits per heavy atom. The molecule has 5 nitrogen and oxygen atoms in total. The van der Waals surface area contributed by atoms with E-state index in [4.69, 9.17) is 9.94 Å². The van der Waals surface area contributed by atoms with E-state index < -0.39 is 0 Å². The van der Waals surface area contributed by atoms with Gasteiger partial charge in [0, 0.05) is 0 Å². The molecule has 0 aliphatic carbocycles. The van der Waals surface area contributed by atoms with Gasteiger partial charge in [-0.2, -0.15) is 0 Å². The lowest BCUT2D eigenvalue weighted by atomic mass is 10.2. The molecule has 1 atom stereocenters. The molecule has 0 aliphatic rings. The van der Waals surface area contributed by atoms with Gasteiger partial charge in [-0.1, -0.05) is 25.4 Å². The van der Waals surface area contributed by atoms with E-state index >= 15 is 0 Å². The number of hydrogen-bond donors (Lipinski definition) is 1. The molecular weight excluding hydrogens is 254 g/mol. The lowest BCUT2D eigenvalue weighted by molar-refractivity contribution is -0.672. The summed E-state index contributed by atoms with van der Waals surface area (Å²) in [4.78, 5) is 0. The minimum absolute atomic E-state index is 0. The predicted octanol–water partition coefficient (Wildman–Crippen LogP) is -1.32. The molecule has 1 rings (SSSR count). The van der Waals surface area contributed by atoms with Crippen LogP contribution >= 0.6 is 0 Å². The molecule has 18 heavy (non-hydrogen) atoms. The van der Waals surface area contributed by atoms with Crippen molar-refractivity contribution in [3.8, 4) is 0 Å². The number of rotatable bonds is 7. The summed E-state index contributed by atoms with van der Waals surface area (Å²) in [5.41, 5.74) is 0. The van der Waals surface area contributed by atoms with E-state index in [0.29, 0.717) is 12.8 Å². The van der Waals surface area contributed by atoms with E-state index in [1.165, 1.54) is 6.21 Å². The minimum Gasteiger partial charge on any atom is -1.00 e. The van der Waals surface area contributed by atoms with Crippen molar-refractivity contribution >= 4 is 6.21 Å². The molecule has 0 radical (unpaired) electrons. The van der Waals surface area contributed by atoms with Crippen molar-refractivity contribution < 1.29 is 26.9 Å². The number of oxime groups is 1. The standard InChI is InChI=1S/C12H21N3O2.ClH/c1-4-6-11(5-2)17-10-15-8-7-14(3)12(15)9-13-16;/h7-9,11H,4-6,10H2,1-3H3;1H. The molecule has 1 N–H and O–H groups in total. The van der Waals surface area contributed by atoms with Gasteiger partial charge in [0.05, 0.1) is 13.2 Å². The van der Waals surface area contributed by atoms with Crippen LogP contribution in [0, 0.1) is 0 Å². The van der Waals surface area contributed by atoms with Crippen LogP contribution in [-0.4, -0.2) is 22.1 Å². The van der Waals surface area contributed by atoms with Crippen molar-refractivity contribution in [3.63, 3.8) is 0 Å². The molecule has 1 aromatic rings. The second-order valence-corrected chi connectivity index (χ2v) is 4.10. The maximum Gasteiger partial charge on any atom is 0.305 e. The van der Waals surface area contributed by atoms with Gasteiger partial charge in [0.2, 0.25) is 0 Å². The zero-order valence-corrected chi connectivity index (χ0v) is 12.0. The predicted molar refractivity (Wildman–Crippen MR) is 65.1 cm³/mol. The van der Waals surface area contributed by atoms with Crippen LogP contribution in [0.25, 0.3) is 0 Å². The Labute approximate surface area is 114 Å². The van der Waals surface area contributed by atoms with Crippen molar-refractivity contribution in [2.24, 2.45) is 12.2 Å². The maximum absolute atomic E-state index is 8.60. The summed E-state index contributed by atoms with van der Waals surface area (Å²) in [7, 11) is 1.90. The molecule has 1 heterocycles. The molecule has 6 heteroatoms. The molecule has 0 aliphatic heterocycles. The summed E-state index contributed by atoms with van der Waals surface area (Å²) in [5.74, 6) is 0.804. The third-order valence-electron chi connectivity index (χ3n) is 2.81. The molecule has 0 bridgehead atoms. The number of hydrogen-bond acceptors (Lipinski definition) is 3. The van der Waals surface area contributed by atoms with Gasteiger partial charge in [-0.25, -0.2) is 9.13 Å². The zero-order chi connectivity index (χ0) is 12.7. The number of aryl methyl sites for hydroxylation is 1. The fourth-order valence-corrected chi connectivity index (χ4v) is 1.77. The largest absolute Gasteiger partial charge is 1.00 e. The van der Waals surface area contributed by atoms with Gasteiger partial charge in [-0.05, 0) is 12.8 Å². The quantitative estimate of drug-likeness (QED) is 0.290. The summed E-state index contributed by atoms with van der Waals surface area (Å²) in [6, 6.07) is 0. The second kappa shape index (κ2) is 8.94. The van der Waals surface area contributed by atoms with Crippen LogP contribution in [0.2, 0.25) is 0 Å². The van der Waals surface area contributed by atoms with E-state index in [-0.39, 0.29) is 12.4 Å². The molecule has 0 aromatic carbocycles. The fourth-order valence-electron chi connectivity index (χ4n) is 1.77. The highest BCUT2D eigenvalue weighted by atomic mass is 35.5. The first-order valence-corrected chi connectivity index (χ1v) is 6.06. The normalized spacial score (nSPS) is 12.6. The van der Waals surface area contributed by atoms with Crippen LogP contribution < -0.4 is 17.0 Å². The summed E-state index contributed by atoms with van der Waals surface area (Å²) in [5, 5.41) is 11.7. The Balaban J connectivity index is 0.00000289. The van der Waals surface area contributed by atoms with Crippen molar-refractivity contribution in [1.82, 2.24) is 4.57 Å². The van der Waals surface area contributed by atoms with Crippen molar-refractivity contribution in [3.05, 3.63) is 18.2 Å². The first-order chi connectivity index (χ1) is 8.22. The van der Waals surface area contributed by atoms with Crippen molar-refractivity contribution in [2.45, 2.75) is 45.9 Å². The van der Waals surface area contributed by atoms with Crippen molar-refractivity contribution in [2.75, 3.05) is 0 Å².